The number of rotatable bonds is 9. The monoisotopic (exact) mass is 1860 g/mol. The summed E-state index contributed by atoms with van der Waals surface area (Å²) in [7, 11) is -4.75. The molecule has 0 aliphatic carbocycles. The van der Waals surface area contributed by atoms with Crippen molar-refractivity contribution in [1.29, 1.82) is 0 Å². The molecule has 0 heterocycles. The topological polar surface area (TPSA) is 54.4 Å². The van der Waals surface area contributed by atoms with Crippen LogP contribution in [0.5, 0.6) is 0 Å². The molecule has 1 N–H and O–H groups in total. The zero-order chi connectivity index (χ0) is 29.5. The average molecular weight is 1880 g/mol. The van der Waals surface area contributed by atoms with Gasteiger partial charge in [-0.2, -0.15) is 8.42 Å². The highest BCUT2D eigenvalue weighted by atomic mass is 80.0. The standard InChI is InChI=1S/C10HBr21O3S/c11-1(12,3(15,16)5(19,20)7(23,24)9(27,28)29)2(13,14)4(17,18)6(21,22)8(25,26)10(30,31)35(32,33)34/h(H,32,33,34). The first kappa shape index (κ1) is 45.0. The first-order valence-corrected chi connectivity index (χ1v) is 25.0. The van der Waals surface area contributed by atoms with E-state index < -0.39 is 40.7 Å². The Balaban J connectivity index is 7.21. The molecule has 0 saturated heterocycles. The third-order valence-electron chi connectivity index (χ3n) is 3.81. The molecule has 35 heavy (non-hydrogen) atoms. The molecule has 0 rings (SSSR count). The van der Waals surface area contributed by atoms with Gasteiger partial charge in [0.15, 0.2) is 2.14 Å². The number of alkyl halides is 21. The number of hydrogen-bond donors (Lipinski definition) is 1. The fraction of sp³-hybridized carbons (Fsp3) is 1.00. The Bertz CT molecular complexity index is 912. The van der Waals surface area contributed by atoms with E-state index in [1.54, 1.807) is 0 Å². The van der Waals surface area contributed by atoms with Gasteiger partial charge in [-0.3, -0.25) is 4.55 Å². The van der Waals surface area contributed by atoms with Crippen LogP contribution in [-0.4, -0.2) is 43.5 Å². The normalized spacial score (nSPS) is 17.1. The van der Waals surface area contributed by atoms with E-state index >= 15 is 0 Å². The SMILES string of the molecule is O=S(=O)(O)C(Br)(Br)C(Br)(Br)C(Br)(Br)C(Br)(Br)C(Br)(Br)C(Br)(Br)C(Br)(Br)C(Br)(Br)C(Br)(Br)C(Br)(Br)Br. The maximum absolute atomic E-state index is 12.3. The number of hydrogen-bond acceptors (Lipinski definition) is 2. The van der Waals surface area contributed by atoms with Gasteiger partial charge in [-0.05, 0) is 31.9 Å². The first-order valence-electron chi connectivity index (χ1n) is 6.94. The lowest BCUT2D eigenvalue weighted by atomic mass is 10.1. The summed E-state index contributed by atoms with van der Waals surface area (Å²) in [6, 6.07) is 0. The predicted molar refractivity (Wildman–Crippen MR) is 226 cm³/mol. The summed E-state index contributed by atoms with van der Waals surface area (Å²) in [5.74, 6) is 0. The van der Waals surface area contributed by atoms with Crippen molar-refractivity contribution in [2.24, 2.45) is 0 Å². The molecular formula is C10HBr21O3S. The van der Waals surface area contributed by atoms with Crippen LogP contribution in [0.1, 0.15) is 0 Å². The molecule has 25 heteroatoms. The van der Waals surface area contributed by atoms with Crippen molar-refractivity contribution in [3.63, 3.8) is 0 Å². The van der Waals surface area contributed by atoms with Gasteiger partial charge in [-0.25, -0.2) is 0 Å². The van der Waals surface area contributed by atoms with Gasteiger partial charge < -0.3 is 0 Å². The average Bonchev–Trinajstić information content (AvgIpc) is 2.58. The van der Waals surface area contributed by atoms with Crippen molar-refractivity contribution in [2.45, 2.75) is 30.6 Å². The second-order valence-corrected chi connectivity index (χ2v) is 46.4. The zero-order valence-electron chi connectivity index (χ0n) is 14.6. The summed E-state index contributed by atoms with van der Waals surface area (Å²) in [4.78, 5) is 0. The van der Waals surface area contributed by atoms with Crippen LogP contribution in [0.3, 0.4) is 0 Å². The third kappa shape index (κ3) is 7.76. The lowest BCUT2D eigenvalue weighted by Gasteiger charge is -2.59. The Hall–Kier alpha value is 9.99. The van der Waals surface area contributed by atoms with Crippen molar-refractivity contribution in [3.8, 4) is 0 Å². The second kappa shape index (κ2) is 14.1. The Morgan fingerprint density at radius 2 is 0.514 bits per heavy atom. The van der Waals surface area contributed by atoms with Crippen LogP contribution in [0, 0.1) is 0 Å². The summed E-state index contributed by atoms with van der Waals surface area (Å²) < 4.78 is 20.6. The van der Waals surface area contributed by atoms with E-state index in [0.29, 0.717) is 0 Å². The van der Waals surface area contributed by atoms with Crippen LogP contribution >= 0.6 is 335 Å². The highest BCUT2D eigenvalue weighted by Crippen LogP contribution is 2.80. The minimum atomic E-state index is -4.75. The van der Waals surface area contributed by atoms with Gasteiger partial charge in [0, 0.05) is 0 Å². The van der Waals surface area contributed by atoms with Crippen molar-refractivity contribution >= 4 is 345 Å². The van der Waals surface area contributed by atoms with Gasteiger partial charge >= 0.3 is 0 Å². The maximum atomic E-state index is 12.3. The Labute approximate surface area is 379 Å². The van der Waals surface area contributed by atoms with E-state index in [0.717, 1.165) is 0 Å². The fourth-order valence-electron chi connectivity index (χ4n) is 1.71. The summed E-state index contributed by atoms with van der Waals surface area (Å²) in [5.41, 5.74) is 0. The van der Waals surface area contributed by atoms with Crippen LogP contribution in [0.2, 0.25) is 0 Å². The Morgan fingerprint density at radius 1 is 0.343 bits per heavy atom. The summed E-state index contributed by atoms with van der Waals surface area (Å²) in [6.07, 6.45) is 0. The molecule has 0 atom stereocenters. The molecule has 0 unspecified atom stereocenters. The molecule has 0 fully saturated rings. The van der Waals surface area contributed by atoms with E-state index in [9.17, 15) is 13.0 Å². The van der Waals surface area contributed by atoms with E-state index in [2.05, 4.69) is 335 Å². The van der Waals surface area contributed by atoms with Gasteiger partial charge in [0.1, 0.15) is 25.9 Å². The molecule has 212 valence electrons. The fourth-order valence-corrected chi connectivity index (χ4v) is 22.5. The minimum absolute atomic E-state index is 0.909. The molecule has 3 nitrogen and oxygen atoms in total. The van der Waals surface area contributed by atoms with Gasteiger partial charge in [0.25, 0.3) is 10.1 Å². The molecule has 0 aliphatic rings. The highest BCUT2D eigenvalue weighted by molar-refractivity contribution is 9.42. The molecule has 0 saturated carbocycles. The minimum Gasteiger partial charge on any atom is -0.284 e. The van der Waals surface area contributed by atoms with Crippen LogP contribution in [-0.2, 0) is 10.1 Å². The van der Waals surface area contributed by atoms with Crippen LogP contribution in [0.25, 0.3) is 0 Å². The zero-order valence-corrected chi connectivity index (χ0v) is 48.7. The van der Waals surface area contributed by atoms with Gasteiger partial charge in [0.2, 0.25) is 2.57 Å². The molecule has 0 bridgehead atoms. The summed E-state index contributed by atoms with van der Waals surface area (Å²) in [5, 5.41) is 0. The molecule has 0 spiro atoms. The lowest BCUT2D eigenvalue weighted by Crippen LogP contribution is -2.70. The molecule has 0 aromatic heterocycles. The molecule has 0 aromatic carbocycles. The highest BCUT2D eigenvalue weighted by Gasteiger charge is 2.80. The Morgan fingerprint density at radius 3 is 0.686 bits per heavy atom. The van der Waals surface area contributed by atoms with Gasteiger partial charge in [-0.15, -0.1) is 0 Å². The lowest BCUT2D eigenvalue weighted by molar-refractivity contribution is 0.471. The van der Waals surface area contributed by atoms with E-state index in [-0.39, 0.29) is 0 Å². The largest absolute Gasteiger partial charge is 0.293 e. The molecule has 0 aliphatic heterocycles. The van der Waals surface area contributed by atoms with Crippen molar-refractivity contribution in [1.82, 2.24) is 0 Å². The van der Waals surface area contributed by atoms with Gasteiger partial charge in [0.05, 0.1) is 0 Å². The Kier molecular flexibility index (Phi) is 18.1. The molecule has 0 amide bonds. The third-order valence-corrected chi connectivity index (χ3v) is 50.0. The van der Waals surface area contributed by atoms with Crippen molar-refractivity contribution < 1.29 is 13.0 Å². The van der Waals surface area contributed by atoms with Crippen LogP contribution in [0.4, 0.5) is 0 Å². The second-order valence-electron chi connectivity index (χ2n) is 6.08. The van der Waals surface area contributed by atoms with Crippen LogP contribution in [0.15, 0.2) is 0 Å². The van der Waals surface area contributed by atoms with Crippen LogP contribution < -0.4 is 0 Å². The van der Waals surface area contributed by atoms with E-state index in [1.807, 2.05) is 0 Å². The predicted octanol–water partition coefficient (Wildman–Crippen LogP) is 15.0. The quantitative estimate of drug-likeness (QED) is 0.185. The summed E-state index contributed by atoms with van der Waals surface area (Å²) in [6.45, 7) is 0. The van der Waals surface area contributed by atoms with E-state index in [1.165, 1.54) is 0 Å². The summed E-state index contributed by atoms with van der Waals surface area (Å²) >= 11 is 75.3. The molecule has 0 radical (unpaired) electrons. The van der Waals surface area contributed by atoms with Gasteiger partial charge in [-0.1, -0.05) is 303 Å². The smallest absolute Gasteiger partial charge is 0.284 e. The van der Waals surface area contributed by atoms with E-state index in [4.69, 9.17) is 0 Å². The van der Waals surface area contributed by atoms with Crippen molar-refractivity contribution in [3.05, 3.63) is 0 Å². The first-order chi connectivity index (χ1) is 14.5. The maximum Gasteiger partial charge on any atom is 0.293 e. The molecular weight excluding hydrogens is 1880 g/mol. The number of halogens is 21. The molecule has 0 aromatic rings. The van der Waals surface area contributed by atoms with Crippen molar-refractivity contribution in [2.75, 3.05) is 0 Å².